The Balaban J connectivity index is 1.72. The minimum atomic E-state index is -0.271. The van der Waals surface area contributed by atoms with Gasteiger partial charge in [-0.05, 0) is 31.2 Å². The predicted molar refractivity (Wildman–Crippen MR) is 82.0 cm³/mol. The molecule has 22 heavy (non-hydrogen) atoms. The second-order valence-corrected chi connectivity index (χ2v) is 4.72. The van der Waals surface area contributed by atoms with Crippen LogP contribution in [0.4, 0.5) is 4.79 Å². The lowest BCUT2D eigenvalue weighted by Gasteiger charge is -2.17. The number of furan rings is 1. The first-order valence-electron chi connectivity index (χ1n) is 7.03. The highest BCUT2D eigenvalue weighted by molar-refractivity contribution is 5.73. The molecule has 6 nitrogen and oxygen atoms in total. The van der Waals surface area contributed by atoms with Crippen molar-refractivity contribution in [1.82, 2.24) is 10.6 Å². The van der Waals surface area contributed by atoms with E-state index in [4.69, 9.17) is 13.9 Å². The smallest absolute Gasteiger partial charge is 0.315 e. The maximum atomic E-state index is 11.7. The van der Waals surface area contributed by atoms with Gasteiger partial charge in [0, 0.05) is 0 Å². The molecule has 1 aromatic heterocycles. The Bertz CT molecular complexity index is 584. The van der Waals surface area contributed by atoms with Crippen molar-refractivity contribution in [3.05, 3.63) is 48.4 Å². The van der Waals surface area contributed by atoms with Crippen molar-refractivity contribution in [2.45, 2.75) is 19.6 Å². The van der Waals surface area contributed by atoms with Gasteiger partial charge in [-0.15, -0.1) is 0 Å². The molecule has 118 valence electrons. The lowest BCUT2D eigenvalue weighted by atomic mass is 10.3. The quantitative estimate of drug-likeness (QED) is 0.824. The number of hydrogen-bond acceptors (Lipinski definition) is 4. The predicted octanol–water partition coefficient (Wildman–Crippen LogP) is 2.55. The second kappa shape index (κ2) is 7.97. The summed E-state index contributed by atoms with van der Waals surface area (Å²) in [7, 11) is 1.59. The van der Waals surface area contributed by atoms with Crippen LogP contribution in [-0.2, 0) is 6.54 Å². The van der Waals surface area contributed by atoms with E-state index in [1.807, 2.05) is 31.2 Å². The average molecular weight is 304 g/mol. The van der Waals surface area contributed by atoms with Crippen LogP contribution in [-0.4, -0.2) is 25.8 Å². The van der Waals surface area contributed by atoms with Crippen molar-refractivity contribution in [3.63, 3.8) is 0 Å². The highest BCUT2D eigenvalue weighted by atomic mass is 16.5. The van der Waals surface area contributed by atoms with Gasteiger partial charge in [0.25, 0.3) is 0 Å². The fourth-order valence-corrected chi connectivity index (χ4v) is 1.85. The fourth-order valence-electron chi connectivity index (χ4n) is 1.85. The van der Waals surface area contributed by atoms with Crippen LogP contribution in [0.2, 0.25) is 0 Å². The number of hydrogen-bond donors (Lipinski definition) is 2. The van der Waals surface area contributed by atoms with Gasteiger partial charge < -0.3 is 24.5 Å². The number of ether oxygens (including phenoxy) is 2. The molecule has 0 aliphatic carbocycles. The first kappa shape index (κ1) is 15.8. The number of carbonyl (C=O) groups is 1. The number of amides is 2. The van der Waals surface area contributed by atoms with E-state index in [2.05, 4.69) is 10.6 Å². The summed E-state index contributed by atoms with van der Waals surface area (Å²) in [6.45, 7) is 2.60. The Morgan fingerprint density at radius 1 is 1.18 bits per heavy atom. The van der Waals surface area contributed by atoms with Crippen LogP contribution in [0.3, 0.4) is 0 Å². The first-order valence-corrected chi connectivity index (χ1v) is 7.03. The third kappa shape index (κ3) is 4.73. The maximum Gasteiger partial charge on any atom is 0.315 e. The number of benzene rings is 1. The molecule has 6 heteroatoms. The van der Waals surface area contributed by atoms with E-state index in [9.17, 15) is 4.79 Å². The van der Waals surface area contributed by atoms with Crippen LogP contribution in [0.5, 0.6) is 11.5 Å². The Morgan fingerprint density at radius 3 is 2.64 bits per heavy atom. The van der Waals surface area contributed by atoms with Gasteiger partial charge in [-0.1, -0.05) is 12.1 Å². The van der Waals surface area contributed by atoms with E-state index in [0.717, 1.165) is 0 Å². The number of rotatable bonds is 7. The van der Waals surface area contributed by atoms with E-state index >= 15 is 0 Å². The van der Waals surface area contributed by atoms with E-state index in [0.29, 0.717) is 30.3 Å². The van der Waals surface area contributed by atoms with E-state index in [-0.39, 0.29) is 12.1 Å². The molecule has 0 saturated carbocycles. The molecule has 2 amide bonds. The summed E-state index contributed by atoms with van der Waals surface area (Å²) in [5, 5.41) is 5.45. The molecule has 0 saturated heterocycles. The Hall–Kier alpha value is -2.63. The zero-order valence-electron chi connectivity index (χ0n) is 12.7. The van der Waals surface area contributed by atoms with Crippen molar-refractivity contribution in [2.24, 2.45) is 0 Å². The van der Waals surface area contributed by atoms with Crippen LogP contribution in [0.25, 0.3) is 0 Å². The lowest BCUT2D eigenvalue weighted by molar-refractivity contribution is 0.201. The number of urea groups is 1. The normalized spacial score (nSPS) is 11.5. The van der Waals surface area contributed by atoms with Crippen LogP contribution in [0.15, 0.2) is 47.1 Å². The summed E-state index contributed by atoms with van der Waals surface area (Å²) in [6, 6.07) is 10.7. The number of carbonyl (C=O) groups excluding carboxylic acids is 1. The van der Waals surface area contributed by atoms with Gasteiger partial charge in [0.1, 0.15) is 11.9 Å². The standard InChI is InChI=1S/C16H20N2O4/c1-12(22-15-8-4-3-7-14(15)20-2)10-17-16(19)18-11-13-6-5-9-21-13/h3-9,12H,10-11H2,1-2H3,(H2,17,18,19)/t12-/m1/s1. The van der Waals surface area contributed by atoms with Gasteiger partial charge in [-0.25, -0.2) is 4.79 Å². The van der Waals surface area contributed by atoms with Crippen molar-refractivity contribution in [3.8, 4) is 11.5 Å². The molecule has 0 aliphatic rings. The Kier molecular flexibility index (Phi) is 5.71. The molecule has 1 heterocycles. The monoisotopic (exact) mass is 304 g/mol. The molecule has 0 unspecified atom stereocenters. The third-order valence-electron chi connectivity index (χ3n) is 2.95. The van der Waals surface area contributed by atoms with Gasteiger partial charge in [0.2, 0.25) is 0 Å². The van der Waals surface area contributed by atoms with Crippen molar-refractivity contribution < 1.29 is 18.7 Å². The van der Waals surface area contributed by atoms with Crippen LogP contribution < -0.4 is 20.1 Å². The molecule has 0 spiro atoms. The molecular weight excluding hydrogens is 284 g/mol. The topological polar surface area (TPSA) is 72.7 Å². The van der Waals surface area contributed by atoms with Gasteiger partial charge >= 0.3 is 6.03 Å². The first-order chi connectivity index (χ1) is 10.7. The molecule has 1 atom stereocenters. The maximum absolute atomic E-state index is 11.7. The van der Waals surface area contributed by atoms with Crippen LogP contribution in [0, 0.1) is 0 Å². The Morgan fingerprint density at radius 2 is 1.95 bits per heavy atom. The van der Waals surface area contributed by atoms with E-state index < -0.39 is 0 Å². The number of nitrogens with one attached hydrogen (secondary N) is 2. The summed E-state index contributed by atoms with van der Waals surface area (Å²) in [6.07, 6.45) is 1.38. The molecule has 0 aliphatic heterocycles. The summed E-state index contributed by atoms with van der Waals surface area (Å²) >= 11 is 0. The zero-order valence-corrected chi connectivity index (χ0v) is 12.7. The third-order valence-corrected chi connectivity index (χ3v) is 2.95. The number of para-hydroxylation sites is 2. The van der Waals surface area contributed by atoms with E-state index in [1.54, 1.807) is 25.5 Å². The summed E-state index contributed by atoms with van der Waals surface area (Å²) in [5.41, 5.74) is 0. The van der Waals surface area contributed by atoms with Gasteiger partial charge in [-0.3, -0.25) is 0 Å². The van der Waals surface area contributed by atoms with Gasteiger partial charge in [-0.2, -0.15) is 0 Å². The van der Waals surface area contributed by atoms with Crippen LogP contribution >= 0.6 is 0 Å². The molecule has 2 aromatic rings. The van der Waals surface area contributed by atoms with Gasteiger partial charge in [0.05, 0.1) is 26.5 Å². The minimum Gasteiger partial charge on any atom is -0.493 e. The lowest BCUT2D eigenvalue weighted by Crippen LogP contribution is -2.40. The Labute approximate surface area is 129 Å². The summed E-state index contributed by atoms with van der Waals surface area (Å²) in [4.78, 5) is 11.7. The van der Waals surface area contributed by atoms with E-state index in [1.165, 1.54) is 0 Å². The van der Waals surface area contributed by atoms with Crippen LogP contribution in [0.1, 0.15) is 12.7 Å². The highest BCUT2D eigenvalue weighted by Gasteiger charge is 2.10. The minimum absolute atomic E-state index is 0.189. The summed E-state index contributed by atoms with van der Waals surface area (Å²) < 4.78 is 16.1. The molecule has 0 bridgehead atoms. The SMILES string of the molecule is COc1ccccc1O[C@H](C)CNC(=O)NCc1ccco1. The second-order valence-electron chi connectivity index (χ2n) is 4.72. The highest BCUT2D eigenvalue weighted by Crippen LogP contribution is 2.26. The molecular formula is C16H20N2O4. The molecule has 2 N–H and O–H groups in total. The molecule has 1 aromatic carbocycles. The fraction of sp³-hybridized carbons (Fsp3) is 0.312. The van der Waals surface area contributed by atoms with Gasteiger partial charge in [0.15, 0.2) is 11.5 Å². The van der Waals surface area contributed by atoms with Crippen molar-refractivity contribution in [2.75, 3.05) is 13.7 Å². The number of methoxy groups -OCH3 is 1. The molecule has 0 fully saturated rings. The average Bonchev–Trinajstić information content (AvgIpc) is 3.05. The zero-order chi connectivity index (χ0) is 15.8. The molecule has 2 rings (SSSR count). The largest absolute Gasteiger partial charge is 0.493 e. The van der Waals surface area contributed by atoms with Crippen molar-refractivity contribution in [1.29, 1.82) is 0 Å². The van der Waals surface area contributed by atoms with Crippen molar-refractivity contribution >= 4 is 6.03 Å². The summed E-state index contributed by atoms with van der Waals surface area (Å²) in [5.74, 6) is 2.01. The molecule has 0 radical (unpaired) electrons.